The van der Waals surface area contributed by atoms with Crippen LogP contribution in [0.2, 0.25) is 5.02 Å². The first-order chi connectivity index (χ1) is 15.9. The number of hydrogen-bond acceptors (Lipinski definition) is 3. The molecule has 0 bridgehead atoms. The van der Waals surface area contributed by atoms with Crippen molar-refractivity contribution in [2.24, 2.45) is 0 Å². The standard InChI is InChI=1S/C25H32ClF2N3O3/c1-24(2,3)34-23(33)31-13-10-17(31)14-30-15-18(21-19(26)6-5-7-20(21)30)22(32)29(4)16-8-11-25(27,28)12-9-16/h5-7,15-17H,8-14H2,1-4H3. The summed E-state index contributed by atoms with van der Waals surface area (Å²) in [4.78, 5) is 29.3. The number of likely N-dealkylation sites (tertiary alicyclic amines) is 1. The summed E-state index contributed by atoms with van der Waals surface area (Å²) >= 11 is 6.52. The Morgan fingerprint density at radius 3 is 2.47 bits per heavy atom. The van der Waals surface area contributed by atoms with Crippen molar-refractivity contribution in [2.45, 2.75) is 83.0 Å². The number of fused-ring (bicyclic) bond motifs is 1. The van der Waals surface area contributed by atoms with Crippen LogP contribution in [0.15, 0.2) is 24.4 Å². The molecule has 0 spiro atoms. The van der Waals surface area contributed by atoms with Crippen LogP contribution < -0.4 is 0 Å². The Morgan fingerprint density at radius 1 is 1.21 bits per heavy atom. The summed E-state index contributed by atoms with van der Waals surface area (Å²) in [6.07, 6.45) is 2.39. The van der Waals surface area contributed by atoms with Crippen LogP contribution in [0, 0.1) is 0 Å². The van der Waals surface area contributed by atoms with Gasteiger partial charge in [0.1, 0.15) is 5.60 Å². The zero-order valence-corrected chi connectivity index (χ0v) is 20.9. The maximum atomic E-state index is 13.6. The molecule has 6 nitrogen and oxygen atoms in total. The van der Waals surface area contributed by atoms with E-state index in [4.69, 9.17) is 16.3 Å². The summed E-state index contributed by atoms with van der Waals surface area (Å²) in [6.45, 7) is 6.64. The molecule has 2 fully saturated rings. The summed E-state index contributed by atoms with van der Waals surface area (Å²) < 4.78 is 34.7. The average Bonchev–Trinajstić information content (AvgIpc) is 3.08. The Bertz CT molecular complexity index is 1080. The summed E-state index contributed by atoms with van der Waals surface area (Å²) in [6, 6.07) is 5.18. The van der Waals surface area contributed by atoms with Crippen molar-refractivity contribution in [1.82, 2.24) is 14.4 Å². The molecule has 1 saturated heterocycles. The molecule has 1 aliphatic heterocycles. The third-order valence-electron chi connectivity index (χ3n) is 6.82. The van der Waals surface area contributed by atoms with Gasteiger partial charge in [-0.1, -0.05) is 17.7 Å². The van der Waals surface area contributed by atoms with Gasteiger partial charge in [-0.25, -0.2) is 13.6 Å². The quantitative estimate of drug-likeness (QED) is 0.526. The first kappa shape index (κ1) is 24.8. The number of benzene rings is 1. The highest BCUT2D eigenvalue weighted by molar-refractivity contribution is 6.36. The highest BCUT2D eigenvalue weighted by Gasteiger charge is 2.38. The Labute approximate surface area is 203 Å². The molecule has 1 unspecified atom stereocenters. The summed E-state index contributed by atoms with van der Waals surface area (Å²) in [7, 11) is 1.67. The molecule has 1 aliphatic carbocycles. The van der Waals surface area contributed by atoms with E-state index in [0.29, 0.717) is 29.1 Å². The average molecular weight is 496 g/mol. The number of nitrogens with zero attached hydrogens (tertiary/aromatic N) is 3. The molecular weight excluding hydrogens is 464 g/mol. The van der Waals surface area contributed by atoms with Crippen molar-refractivity contribution in [3.05, 3.63) is 35.0 Å². The van der Waals surface area contributed by atoms with Gasteiger partial charge in [-0.3, -0.25) is 4.79 Å². The zero-order chi connectivity index (χ0) is 24.8. The van der Waals surface area contributed by atoms with Crippen molar-refractivity contribution < 1.29 is 23.1 Å². The number of amides is 2. The predicted octanol–water partition coefficient (Wildman–Crippen LogP) is 5.95. The molecule has 2 aromatic rings. The number of ether oxygens (including phenoxy) is 1. The molecule has 186 valence electrons. The lowest BCUT2D eigenvalue weighted by molar-refractivity contribution is -0.0490. The number of hydrogen-bond donors (Lipinski definition) is 0. The second kappa shape index (κ2) is 9.02. The third kappa shape index (κ3) is 5.02. The smallest absolute Gasteiger partial charge is 0.410 e. The van der Waals surface area contributed by atoms with Gasteiger partial charge in [0.2, 0.25) is 5.92 Å². The van der Waals surface area contributed by atoms with Gasteiger partial charge in [-0.2, -0.15) is 0 Å². The molecule has 0 radical (unpaired) electrons. The van der Waals surface area contributed by atoms with Crippen LogP contribution in [-0.4, -0.2) is 63.6 Å². The molecule has 1 atom stereocenters. The van der Waals surface area contributed by atoms with Crippen molar-refractivity contribution in [1.29, 1.82) is 0 Å². The van der Waals surface area contributed by atoms with Crippen LogP contribution in [0.25, 0.3) is 10.9 Å². The largest absolute Gasteiger partial charge is 0.444 e. The van der Waals surface area contributed by atoms with Gasteiger partial charge in [0.15, 0.2) is 0 Å². The Morgan fingerprint density at radius 2 is 1.88 bits per heavy atom. The fraction of sp³-hybridized carbons (Fsp3) is 0.600. The lowest BCUT2D eigenvalue weighted by atomic mass is 9.91. The van der Waals surface area contributed by atoms with E-state index in [-0.39, 0.29) is 49.8 Å². The highest BCUT2D eigenvalue weighted by Crippen LogP contribution is 2.36. The number of carbonyl (C=O) groups is 2. The topological polar surface area (TPSA) is 54.8 Å². The van der Waals surface area contributed by atoms with Crippen LogP contribution >= 0.6 is 11.6 Å². The van der Waals surface area contributed by atoms with Gasteiger partial charge in [-0.15, -0.1) is 0 Å². The third-order valence-corrected chi connectivity index (χ3v) is 7.13. The summed E-state index contributed by atoms with van der Waals surface area (Å²) in [5.74, 6) is -2.88. The van der Waals surface area contributed by atoms with Crippen LogP contribution in [0.4, 0.5) is 13.6 Å². The predicted molar refractivity (Wildman–Crippen MR) is 128 cm³/mol. The molecule has 1 aromatic heterocycles. The molecule has 2 heterocycles. The van der Waals surface area contributed by atoms with E-state index >= 15 is 0 Å². The summed E-state index contributed by atoms with van der Waals surface area (Å²) in [5, 5.41) is 1.10. The van der Waals surface area contributed by atoms with Gasteiger partial charge in [0.25, 0.3) is 5.91 Å². The minimum Gasteiger partial charge on any atom is -0.444 e. The van der Waals surface area contributed by atoms with Gasteiger partial charge in [-0.05, 0) is 52.2 Å². The number of alkyl halides is 2. The van der Waals surface area contributed by atoms with E-state index in [0.717, 1.165) is 11.9 Å². The highest BCUT2D eigenvalue weighted by atomic mass is 35.5. The Kier molecular flexibility index (Phi) is 6.57. The first-order valence-electron chi connectivity index (χ1n) is 11.8. The van der Waals surface area contributed by atoms with Crippen molar-refractivity contribution in [3.8, 4) is 0 Å². The van der Waals surface area contributed by atoms with Crippen molar-refractivity contribution >= 4 is 34.5 Å². The van der Waals surface area contributed by atoms with E-state index in [1.54, 1.807) is 29.1 Å². The molecular formula is C25H32ClF2N3O3. The second-order valence-corrected chi connectivity index (χ2v) is 10.9. The lowest BCUT2D eigenvalue weighted by Gasteiger charge is -2.41. The summed E-state index contributed by atoms with van der Waals surface area (Å²) in [5.41, 5.74) is 0.678. The minimum absolute atomic E-state index is 0.0503. The van der Waals surface area contributed by atoms with Gasteiger partial charge < -0.3 is 19.1 Å². The van der Waals surface area contributed by atoms with Gasteiger partial charge >= 0.3 is 6.09 Å². The van der Waals surface area contributed by atoms with Gasteiger partial charge in [0, 0.05) is 50.6 Å². The van der Waals surface area contributed by atoms with E-state index in [1.165, 1.54) is 0 Å². The maximum absolute atomic E-state index is 13.6. The Balaban J connectivity index is 1.57. The molecule has 1 saturated carbocycles. The fourth-order valence-electron chi connectivity index (χ4n) is 4.81. The molecule has 2 amide bonds. The molecule has 34 heavy (non-hydrogen) atoms. The van der Waals surface area contributed by atoms with E-state index in [1.807, 2.05) is 37.5 Å². The maximum Gasteiger partial charge on any atom is 0.410 e. The molecule has 9 heteroatoms. The molecule has 4 rings (SSSR count). The number of carbonyl (C=O) groups excluding carboxylic acids is 2. The van der Waals surface area contributed by atoms with Crippen molar-refractivity contribution in [2.75, 3.05) is 13.6 Å². The molecule has 0 N–H and O–H groups in total. The van der Waals surface area contributed by atoms with E-state index < -0.39 is 11.5 Å². The normalized spacial score (nSPS) is 20.8. The zero-order valence-electron chi connectivity index (χ0n) is 20.1. The SMILES string of the molecule is CN(C(=O)c1cn(CC2CCN2C(=O)OC(C)(C)C)c2cccc(Cl)c12)C1CCC(F)(F)CC1. The number of halogens is 3. The molecule has 1 aromatic carbocycles. The van der Waals surface area contributed by atoms with E-state index in [2.05, 4.69) is 0 Å². The second-order valence-electron chi connectivity index (χ2n) is 10.4. The number of aromatic nitrogens is 1. The lowest BCUT2D eigenvalue weighted by Crippen LogP contribution is -2.54. The van der Waals surface area contributed by atoms with Crippen LogP contribution in [0.1, 0.15) is 63.2 Å². The molecule has 2 aliphatic rings. The minimum atomic E-state index is -2.65. The first-order valence-corrected chi connectivity index (χ1v) is 12.2. The van der Waals surface area contributed by atoms with Gasteiger partial charge in [0.05, 0.1) is 22.1 Å². The van der Waals surface area contributed by atoms with E-state index in [9.17, 15) is 18.4 Å². The van der Waals surface area contributed by atoms with Crippen LogP contribution in [0.3, 0.4) is 0 Å². The Hall–Kier alpha value is -2.35. The fourth-order valence-corrected chi connectivity index (χ4v) is 5.08. The van der Waals surface area contributed by atoms with Crippen molar-refractivity contribution in [3.63, 3.8) is 0 Å². The van der Waals surface area contributed by atoms with Crippen LogP contribution in [0.5, 0.6) is 0 Å². The number of rotatable bonds is 4. The monoisotopic (exact) mass is 495 g/mol. The van der Waals surface area contributed by atoms with Crippen LogP contribution in [-0.2, 0) is 11.3 Å².